The zero-order chi connectivity index (χ0) is 8.10. The van der Waals surface area contributed by atoms with E-state index in [2.05, 4.69) is 0 Å². The van der Waals surface area contributed by atoms with Crippen LogP contribution in [0.5, 0.6) is 0 Å². The second-order valence-corrected chi connectivity index (χ2v) is 2.09. The van der Waals surface area contributed by atoms with Crippen LogP contribution < -0.4 is 24.8 Å². The van der Waals surface area contributed by atoms with Gasteiger partial charge in [0.05, 0.1) is 12.2 Å². The Labute approximate surface area is 112 Å². The van der Waals surface area contributed by atoms with Crippen LogP contribution in [0.1, 0.15) is 17.3 Å². The molecule has 0 aliphatic heterocycles. The summed E-state index contributed by atoms with van der Waals surface area (Å²) in [4.78, 5) is 11.0. The van der Waals surface area contributed by atoms with Gasteiger partial charge in [0.1, 0.15) is 0 Å². The second kappa shape index (κ2) is 11.1. The van der Waals surface area contributed by atoms with E-state index in [9.17, 15) is 4.79 Å². The normalized spacial score (nSPS) is 7.21. The summed E-state index contributed by atoms with van der Waals surface area (Å²) >= 11 is 0. The predicted octanol–water partition coefficient (Wildman–Crippen LogP) is -4.51. The molecule has 0 aromatic heterocycles. The number of rotatable bonds is 2. The minimum atomic E-state index is -0.256. The summed E-state index contributed by atoms with van der Waals surface area (Å²) in [6.45, 7) is 2.22. The minimum Gasteiger partial charge on any atom is -1.00 e. The molecule has 0 radical (unpaired) electrons. The molecular weight excluding hydrogens is 235 g/mol. The van der Waals surface area contributed by atoms with Gasteiger partial charge in [-0.25, -0.2) is 4.79 Å². The van der Waals surface area contributed by atoms with E-state index in [1.807, 2.05) is 18.2 Å². The Morgan fingerprint density at radius 1 is 1.21 bits per heavy atom. The van der Waals surface area contributed by atoms with Crippen LogP contribution in [0, 0.1) is 0 Å². The van der Waals surface area contributed by atoms with Gasteiger partial charge in [0, 0.05) is 0 Å². The van der Waals surface area contributed by atoms with Gasteiger partial charge in [-0.1, -0.05) is 18.2 Å². The van der Waals surface area contributed by atoms with Gasteiger partial charge in [0.2, 0.25) is 0 Å². The van der Waals surface area contributed by atoms with Crippen LogP contribution in [-0.2, 0) is 4.74 Å². The Morgan fingerprint density at radius 2 is 1.71 bits per heavy atom. The first kappa shape index (κ1) is 19.6. The number of benzene rings is 1. The Bertz CT molecular complexity index is 242. The van der Waals surface area contributed by atoms with Gasteiger partial charge in [0.25, 0.3) is 0 Å². The molecule has 1 rings (SSSR count). The summed E-state index contributed by atoms with van der Waals surface area (Å²) in [5.74, 6) is -0.256. The fourth-order valence-corrected chi connectivity index (χ4v) is 0.789. The maximum atomic E-state index is 11.0. The quantitative estimate of drug-likeness (QED) is 0.388. The van der Waals surface area contributed by atoms with Gasteiger partial charge in [0.15, 0.2) is 0 Å². The number of hydrogen-bond donors (Lipinski definition) is 0. The molecule has 0 aliphatic carbocycles. The first-order valence-corrected chi connectivity index (χ1v) is 3.56. The summed E-state index contributed by atoms with van der Waals surface area (Å²) in [6.07, 6.45) is 0. The standard InChI is InChI=1S/C9H10O2.2ClH.Mg/c1-2-11-9(10)8-6-4-3-5-7-8;;;/h3-7H,2H2,1H3;2*1H;/q;;;+2/p-2. The van der Waals surface area contributed by atoms with Gasteiger partial charge < -0.3 is 29.6 Å². The molecule has 0 aliphatic rings. The number of ether oxygens (including phenoxy) is 1. The number of carbonyl (C=O) groups is 1. The monoisotopic (exact) mass is 244 g/mol. The van der Waals surface area contributed by atoms with Crippen molar-refractivity contribution in [1.29, 1.82) is 0 Å². The van der Waals surface area contributed by atoms with Crippen LogP contribution in [-0.4, -0.2) is 35.6 Å². The van der Waals surface area contributed by atoms with Crippen molar-refractivity contribution in [2.24, 2.45) is 0 Å². The van der Waals surface area contributed by atoms with Gasteiger partial charge in [-0.15, -0.1) is 0 Å². The van der Waals surface area contributed by atoms with Crippen molar-refractivity contribution in [3.8, 4) is 0 Å². The van der Waals surface area contributed by atoms with Crippen molar-refractivity contribution in [3.63, 3.8) is 0 Å². The third-order valence-electron chi connectivity index (χ3n) is 1.28. The molecular formula is C9H10Cl2MgO2. The average Bonchev–Trinajstić information content (AvgIpc) is 2.07. The van der Waals surface area contributed by atoms with E-state index in [4.69, 9.17) is 4.74 Å². The first-order chi connectivity index (χ1) is 5.34. The van der Waals surface area contributed by atoms with Gasteiger partial charge in [-0.2, -0.15) is 0 Å². The summed E-state index contributed by atoms with van der Waals surface area (Å²) in [6, 6.07) is 8.96. The number of halogens is 2. The van der Waals surface area contributed by atoms with Crippen LogP contribution in [0.2, 0.25) is 0 Å². The van der Waals surface area contributed by atoms with Crippen LogP contribution in [0.3, 0.4) is 0 Å². The van der Waals surface area contributed by atoms with Crippen molar-refractivity contribution in [1.82, 2.24) is 0 Å². The van der Waals surface area contributed by atoms with Crippen molar-refractivity contribution in [2.45, 2.75) is 6.92 Å². The topological polar surface area (TPSA) is 26.3 Å². The number of hydrogen-bond acceptors (Lipinski definition) is 2. The molecule has 0 unspecified atom stereocenters. The summed E-state index contributed by atoms with van der Waals surface area (Å²) in [5.41, 5.74) is 0.606. The molecule has 0 heterocycles. The van der Waals surface area contributed by atoms with Crippen molar-refractivity contribution in [2.75, 3.05) is 6.61 Å². The van der Waals surface area contributed by atoms with E-state index in [1.54, 1.807) is 19.1 Å². The Kier molecular flexibility index (Phi) is 15.5. The van der Waals surface area contributed by atoms with Crippen molar-refractivity contribution < 1.29 is 34.3 Å². The first-order valence-electron chi connectivity index (χ1n) is 3.56. The maximum Gasteiger partial charge on any atom is 2.00 e. The Hall–Kier alpha value is 0.0362. The van der Waals surface area contributed by atoms with E-state index in [0.29, 0.717) is 12.2 Å². The minimum absolute atomic E-state index is 0. The predicted molar refractivity (Wildman–Crippen MR) is 48.2 cm³/mol. The molecule has 0 saturated carbocycles. The third kappa shape index (κ3) is 6.48. The zero-order valence-electron chi connectivity index (χ0n) is 7.87. The number of esters is 1. The fourth-order valence-electron chi connectivity index (χ4n) is 0.789. The molecule has 5 heteroatoms. The molecule has 0 amide bonds. The molecule has 0 atom stereocenters. The molecule has 14 heavy (non-hydrogen) atoms. The van der Waals surface area contributed by atoms with E-state index in [1.165, 1.54) is 0 Å². The maximum absolute atomic E-state index is 11.0. The smallest absolute Gasteiger partial charge is 1.00 e. The second-order valence-electron chi connectivity index (χ2n) is 2.09. The molecule has 0 saturated heterocycles. The Balaban J connectivity index is -0.000000403. The van der Waals surface area contributed by atoms with Crippen LogP contribution in [0.15, 0.2) is 30.3 Å². The van der Waals surface area contributed by atoms with Crippen molar-refractivity contribution in [3.05, 3.63) is 35.9 Å². The molecule has 2 nitrogen and oxygen atoms in total. The SMILES string of the molecule is CCOC(=O)c1ccccc1.[Cl-].[Cl-].[Mg+2]. The van der Waals surface area contributed by atoms with Crippen molar-refractivity contribution >= 4 is 29.0 Å². The molecule has 0 spiro atoms. The largest absolute Gasteiger partial charge is 2.00 e. The molecule has 1 aromatic carbocycles. The average molecular weight is 245 g/mol. The fraction of sp³-hybridized carbons (Fsp3) is 0.222. The van der Waals surface area contributed by atoms with Gasteiger partial charge >= 0.3 is 29.0 Å². The molecule has 0 bridgehead atoms. The van der Waals surface area contributed by atoms with Gasteiger partial charge in [-0.3, -0.25) is 0 Å². The zero-order valence-corrected chi connectivity index (χ0v) is 10.8. The summed E-state index contributed by atoms with van der Waals surface area (Å²) < 4.78 is 4.79. The van der Waals surface area contributed by atoms with Crippen LogP contribution in [0.25, 0.3) is 0 Å². The van der Waals surface area contributed by atoms with E-state index < -0.39 is 0 Å². The van der Waals surface area contributed by atoms with Gasteiger partial charge in [-0.05, 0) is 19.1 Å². The molecule has 1 aromatic rings. The molecule has 0 fully saturated rings. The molecule has 74 valence electrons. The third-order valence-corrected chi connectivity index (χ3v) is 1.28. The van der Waals surface area contributed by atoms with Crippen LogP contribution in [0.4, 0.5) is 0 Å². The van der Waals surface area contributed by atoms with Crippen LogP contribution >= 0.6 is 0 Å². The van der Waals surface area contributed by atoms with E-state index >= 15 is 0 Å². The van der Waals surface area contributed by atoms with E-state index in [-0.39, 0.29) is 53.8 Å². The van der Waals surface area contributed by atoms with E-state index in [0.717, 1.165) is 0 Å². The number of carbonyl (C=O) groups excluding carboxylic acids is 1. The summed E-state index contributed by atoms with van der Waals surface area (Å²) in [5, 5.41) is 0. The summed E-state index contributed by atoms with van der Waals surface area (Å²) in [7, 11) is 0. The Morgan fingerprint density at radius 3 is 2.14 bits per heavy atom. The molecule has 0 N–H and O–H groups in total.